The molecule has 1 fully saturated rings. The standard InChI is InChI=1S/C23H29ClFN3O/c1-3-12-26-23(29)20-10-9-19(14-21(20)24)27(2)22(17-7-5-4-6-8-17)16-28-13-11-18(25)15-28/h4-10,14,18,22H,3,11-13,15-16H2,1-2H3,(H,26,29). The molecule has 2 aromatic rings. The molecular weight excluding hydrogens is 389 g/mol. The largest absolute Gasteiger partial charge is 0.366 e. The molecule has 29 heavy (non-hydrogen) atoms. The van der Waals surface area contributed by atoms with Crippen LogP contribution < -0.4 is 10.2 Å². The van der Waals surface area contributed by atoms with E-state index in [0.717, 1.165) is 30.8 Å². The minimum atomic E-state index is -0.743. The van der Waals surface area contributed by atoms with Crippen LogP contribution in [0.1, 0.15) is 41.7 Å². The Morgan fingerprint density at radius 3 is 2.69 bits per heavy atom. The highest BCUT2D eigenvalue weighted by Crippen LogP contribution is 2.31. The van der Waals surface area contributed by atoms with Crippen LogP contribution in [0.15, 0.2) is 48.5 Å². The van der Waals surface area contributed by atoms with E-state index in [1.54, 1.807) is 6.07 Å². The number of nitrogens with one attached hydrogen (secondary N) is 1. The average Bonchev–Trinajstić information content (AvgIpc) is 3.15. The molecule has 1 amide bonds. The third-order valence-electron chi connectivity index (χ3n) is 5.44. The number of amides is 1. The lowest BCUT2D eigenvalue weighted by atomic mass is 10.0. The Labute approximate surface area is 177 Å². The number of rotatable bonds is 8. The molecule has 0 saturated carbocycles. The highest BCUT2D eigenvalue weighted by molar-refractivity contribution is 6.34. The maximum atomic E-state index is 13.7. The molecule has 156 valence electrons. The van der Waals surface area contributed by atoms with Crippen molar-refractivity contribution in [1.82, 2.24) is 10.2 Å². The number of likely N-dealkylation sites (tertiary alicyclic amines) is 1. The van der Waals surface area contributed by atoms with Crippen molar-refractivity contribution >= 4 is 23.2 Å². The second-order valence-electron chi connectivity index (χ2n) is 7.60. The first-order chi connectivity index (χ1) is 14.0. The van der Waals surface area contributed by atoms with Gasteiger partial charge < -0.3 is 10.2 Å². The van der Waals surface area contributed by atoms with Crippen LogP contribution >= 0.6 is 11.6 Å². The number of carbonyl (C=O) groups excluding carboxylic acids is 1. The van der Waals surface area contributed by atoms with Gasteiger partial charge in [0.25, 0.3) is 5.91 Å². The van der Waals surface area contributed by atoms with E-state index in [1.165, 1.54) is 0 Å². The fraction of sp³-hybridized carbons (Fsp3) is 0.435. The van der Waals surface area contributed by atoms with E-state index in [4.69, 9.17) is 11.6 Å². The van der Waals surface area contributed by atoms with Crippen molar-refractivity contribution in [3.05, 3.63) is 64.7 Å². The van der Waals surface area contributed by atoms with Crippen molar-refractivity contribution in [2.75, 3.05) is 38.1 Å². The van der Waals surface area contributed by atoms with Gasteiger partial charge in [-0.3, -0.25) is 9.69 Å². The van der Waals surface area contributed by atoms with E-state index in [0.29, 0.717) is 30.1 Å². The summed E-state index contributed by atoms with van der Waals surface area (Å²) in [7, 11) is 2.02. The Kier molecular flexibility index (Phi) is 7.51. The third-order valence-corrected chi connectivity index (χ3v) is 5.75. The Balaban J connectivity index is 1.82. The molecule has 2 atom stereocenters. The summed E-state index contributed by atoms with van der Waals surface area (Å²) in [6, 6.07) is 15.8. The normalized spacial score (nSPS) is 17.9. The van der Waals surface area contributed by atoms with Crippen LogP contribution in [-0.4, -0.2) is 50.2 Å². The summed E-state index contributed by atoms with van der Waals surface area (Å²) in [5, 5.41) is 3.29. The molecular formula is C23H29ClFN3O. The molecule has 0 aromatic heterocycles. The summed E-state index contributed by atoms with van der Waals surface area (Å²) < 4.78 is 13.7. The highest BCUT2D eigenvalue weighted by Gasteiger charge is 2.27. The molecule has 2 unspecified atom stereocenters. The minimum absolute atomic E-state index is 0.0531. The van der Waals surface area contributed by atoms with Crippen molar-refractivity contribution in [2.45, 2.75) is 32.0 Å². The van der Waals surface area contributed by atoms with Gasteiger partial charge in [-0.15, -0.1) is 0 Å². The van der Waals surface area contributed by atoms with E-state index in [9.17, 15) is 9.18 Å². The summed E-state index contributed by atoms with van der Waals surface area (Å²) in [5.41, 5.74) is 2.57. The van der Waals surface area contributed by atoms with Crippen LogP contribution in [0.2, 0.25) is 5.02 Å². The van der Waals surface area contributed by atoms with Gasteiger partial charge in [0, 0.05) is 38.9 Å². The monoisotopic (exact) mass is 417 g/mol. The maximum Gasteiger partial charge on any atom is 0.252 e. The van der Waals surface area contributed by atoms with Crippen LogP contribution in [0.5, 0.6) is 0 Å². The molecule has 0 radical (unpaired) electrons. The zero-order chi connectivity index (χ0) is 20.8. The lowest BCUT2D eigenvalue weighted by Gasteiger charge is -2.34. The number of benzene rings is 2. The highest BCUT2D eigenvalue weighted by atomic mass is 35.5. The Bertz CT molecular complexity index is 817. The molecule has 1 saturated heterocycles. The topological polar surface area (TPSA) is 35.6 Å². The van der Waals surface area contributed by atoms with Crippen molar-refractivity contribution in [2.24, 2.45) is 0 Å². The number of halogens is 2. The van der Waals surface area contributed by atoms with E-state index >= 15 is 0 Å². The molecule has 1 N–H and O–H groups in total. The van der Waals surface area contributed by atoms with Crippen molar-refractivity contribution in [3.8, 4) is 0 Å². The lowest BCUT2D eigenvalue weighted by Crippen LogP contribution is -2.35. The average molecular weight is 418 g/mol. The fourth-order valence-corrected chi connectivity index (χ4v) is 4.00. The van der Waals surface area contributed by atoms with Crippen molar-refractivity contribution < 1.29 is 9.18 Å². The predicted octanol–water partition coefficient (Wildman–Crippen LogP) is 4.70. The van der Waals surface area contributed by atoms with E-state index < -0.39 is 6.17 Å². The third kappa shape index (κ3) is 5.49. The van der Waals surface area contributed by atoms with Gasteiger partial charge in [0.15, 0.2) is 0 Å². The number of anilines is 1. The molecule has 4 nitrogen and oxygen atoms in total. The van der Waals surface area contributed by atoms with E-state index in [2.05, 4.69) is 27.2 Å². The molecule has 0 spiro atoms. The van der Waals surface area contributed by atoms with Gasteiger partial charge in [0.2, 0.25) is 0 Å². The predicted molar refractivity (Wildman–Crippen MR) is 118 cm³/mol. The first-order valence-electron chi connectivity index (χ1n) is 10.2. The van der Waals surface area contributed by atoms with Crippen molar-refractivity contribution in [3.63, 3.8) is 0 Å². The second-order valence-corrected chi connectivity index (χ2v) is 8.01. The quantitative estimate of drug-likeness (QED) is 0.676. The Morgan fingerprint density at radius 1 is 1.31 bits per heavy atom. The number of alkyl halides is 1. The lowest BCUT2D eigenvalue weighted by molar-refractivity contribution is 0.0954. The Hall–Kier alpha value is -2.11. The summed E-state index contributed by atoms with van der Waals surface area (Å²) >= 11 is 6.44. The second kappa shape index (κ2) is 10.1. The first-order valence-corrected chi connectivity index (χ1v) is 10.6. The van der Waals surface area contributed by atoms with Gasteiger partial charge in [-0.1, -0.05) is 48.9 Å². The van der Waals surface area contributed by atoms with Crippen LogP contribution in [0.25, 0.3) is 0 Å². The van der Waals surface area contributed by atoms with E-state index in [-0.39, 0.29) is 11.9 Å². The van der Waals surface area contributed by atoms with Crippen LogP contribution in [0, 0.1) is 0 Å². The van der Waals surface area contributed by atoms with Gasteiger partial charge in [-0.2, -0.15) is 0 Å². The van der Waals surface area contributed by atoms with Gasteiger partial charge >= 0.3 is 0 Å². The van der Waals surface area contributed by atoms with Crippen LogP contribution in [0.3, 0.4) is 0 Å². The molecule has 2 aromatic carbocycles. The first kappa shape index (κ1) is 21.6. The minimum Gasteiger partial charge on any atom is -0.366 e. The van der Waals surface area contributed by atoms with Crippen LogP contribution in [-0.2, 0) is 0 Å². The van der Waals surface area contributed by atoms with Gasteiger partial charge in [-0.05, 0) is 36.6 Å². The number of likely N-dealkylation sites (N-methyl/N-ethyl adjacent to an activating group) is 1. The van der Waals surface area contributed by atoms with Gasteiger partial charge in [-0.25, -0.2) is 4.39 Å². The summed E-state index contributed by atoms with van der Waals surface area (Å²) in [4.78, 5) is 16.6. The molecule has 0 bridgehead atoms. The number of hydrogen-bond acceptors (Lipinski definition) is 3. The summed E-state index contributed by atoms with van der Waals surface area (Å²) in [5.74, 6) is -0.156. The van der Waals surface area contributed by atoms with Gasteiger partial charge in [0.1, 0.15) is 6.17 Å². The maximum absolute atomic E-state index is 13.7. The number of nitrogens with zero attached hydrogens (tertiary/aromatic N) is 2. The molecule has 0 aliphatic carbocycles. The Morgan fingerprint density at radius 2 is 2.07 bits per heavy atom. The smallest absolute Gasteiger partial charge is 0.252 e. The zero-order valence-electron chi connectivity index (χ0n) is 17.1. The van der Waals surface area contributed by atoms with E-state index in [1.807, 2.05) is 44.3 Å². The fourth-order valence-electron chi connectivity index (χ4n) is 3.74. The SMILES string of the molecule is CCCNC(=O)c1ccc(N(C)C(CN2CCC(F)C2)c2ccccc2)cc1Cl. The molecule has 1 aliphatic rings. The van der Waals surface area contributed by atoms with Gasteiger partial charge in [0.05, 0.1) is 16.6 Å². The number of hydrogen-bond donors (Lipinski definition) is 1. The number of carbonyl (C=O) groups is 1. The van der Waals surface area contributed by atoms with Crippen LogP contribution in [0.4, 0.5) is 10.1 Å². The molecule has 6 heteroatoms. The molecule has 3 rings (SSSR count). The zero-order valence-corrected chi connectivity index (χ0v) is 17.8. The van der Waals surface area contributed by atoms with Crippen molar-refractivity contribution in [1.29, 1.82) is 0 Å². The molecule has 1 aliphatic heterocycles. The summed E-state index contributed by atoms with van der Waals surface area (Å²) in [6.45, 7) is 4.62. The summed E-state index contributed by atoms with van der Waals surface area (Å²) in [6.07, 6.45) is 0.727. The molecule has 1 heterocycles.